The lowest BCUT2D eigenvalue weighted by atomic mass is 10.2. The van der Waals surface area contributed by atoms with Crippen LogP contribution in [0.2, 0.25) is 0 Å². The van der Waals surface area contributed by atoms with E-state index in [2.05, 4.69) is 5.32 Å². The zero-order valence-corrected chi connectivity index (χ0v) is 15.7. The fraction of sp³-hybridized carbons (Fsp3) is 0.333. The minimum Gasteiger partial charge on any atom is -0.489 e. The lowest BCUT2D eigenvalue weighted by Gasteiger charge is -2.15. The number of esters is 1. The Kier molecular flexibility index (Phi) is 7.34. The molecule has 27 heavy (non-hydrogen) atoms. The summed E-state index contributed by atoms with van der Waals surface area (Å²) in [5, 5.41) is 2.72. The Morgan fingerprint density at radius 2 is 1.78 bits per heavy atom. The number of ether oxygens (including phenoxy) is 2. The fourth-order valence-corrected chi connectivity index (χ4v) is 2.19. The average molecular weight is 373 g/mol. The van der Waals surface area contributed by atoms with Crippen LogP contribution in [0.3, 0.4) is 0 Å². The Bertz CT molecular complexity index is 774. The standard InChI is InChI=1S/C21H24FNO4/c1-14(2)12-23-20(24)15(3)27-21(25)17-5-4-6-19(11-17)26-13-16-7-9-18(22)10-8-16/h4-11,14-15H,12-13H2,1-3H3,(H,23,24). The van der Waals surface area contributed by atoms with Crippen LogP contribution in [0.1, 0.15) is 36.7 Å². The van der Waals surface area contributed by atoms with Crippen molar-refractivity contribution in [3.8, 4) is 5.75 Å². The molecule has 1 unspecified atom stereocenters. The van der Waals surface area contributed by atoms with E-state index < -0.39 is 12.1 Å². The fourth-order valence-electron chi connectivity index (χ4n) is 2.19. The molecule has 2 aromatic carbocycles. The summed E-state index contributed by atoms with van der Waals surface area (Å²) in [6.07, 6.45) is -0.889. The van der Waals surface area contributed by atoms with Gasteiger partial charge in [0.1, 0.15) is 18.2 Å². The van der Waals surface area contributed by atoms with Gasteiger partial charge in [-0.25, -0.2) is 9.18 Å². The van der Waals surface area contributed by atoms with Gasteiger partial charge in [0.05, 0.1) is 5.56 Å². The van der Waals surface area contributed by atoms with E-state index in [1.54, 1.807) is 36.4 Å². The molecule has 0 saturated heterocycles. The van der Waals surface area contributed by atoms with Crippen LogP contribution in [0.25, 0.3) is 0 Å². The molecule has 0 aliphatic carbocycles. The van der Waals surface area contributed by atoms with E-state index in [1.807, 2.05) is 13.8 Å². The van der Waals surface area contributed by atoms with Crippen LogP contribution in [0.5, 0.6) is 5.75 Å². The van der Waals surface area contributed by atoms with Crippen molar-refractivity contribution in [1.82, 2.24) is 5.32 Å². The number of rotatable bonds is 8. The summed E-state index contributed by atoms with van der Waals surface area (Å²) in [5.74, 6) is -0.456. The molecule has 0 radical (unpaired) electrons. The third-order valence-electron chi connectivity index (χ3n) is 3.73. The molecule has 1 N–H and O–H groups in total. The van der Waals surface area contributed by atoms with Gasteiger partial charge >= 0.3 is 5.97 Å². The molecule has 5 nitrogen and oxygen atoms in total. The van der Waals surface area contributed by atoms with Gasteiger partial charge in [-0.2, -0.15) is 0 Å². The van der Waals surface area contributed by atoms with E-state index in [-0.39, 0.29) is 23.9 Å². The highest BCUT2D eigenvalue weighted by molar-refractivity contribution is 5.92. The first-order chi connectivity index (χ1) is 12.8. The topological polar surface area (TPSA) is 64.6 Å². The van der Waals surface area contributed by atoms with Gasteiger partial charge in [0.25, 0.3) is 5.91 Å². The van der Waals surface area contributed by atoms with Crippen molar-refractivity contribution < 1.29 is 23.5 Å². The first-order valence-electron chi connectivity index (χ1n) is 8.81. The minimum absolute atomic E-state index is 0.243. The number of hydrogen-bond acceptors (Lipinski definition) is 4. The number of carbonyl (C=O) groups excluding carboxylic acids is 2. The number of benzene rings is 2. The van der Waals surface area contributed by atoms with Gasteiger partial charge in [0, 0.05) is 6.54 Å². The van der Waals surface area contributed by atoms with E-state index >= 15 is 0 Å². The van der Waals surface area contributed by atoms with E-state index in [0.29, 0.717) is 18.2 Å². The number of hydrogen-bond donors (Lipinski definition) is 1. The Hall–Kier alpha value is -2.89. The predicted octanol–water partition coefficient (Wildman–Crippen LogP) is 3.72. The monoisotopic (exact) mass is 373 g/mol. The molecule has 2 aromatic rings. The molecule has 0 aliphatic heterocycles. The lowest BCUT2D eigenvalue weighted by molar-refractivity contribution is -0.129. The molecular weight excluding hydrogens is 349 g/mol. The molecular formula is C21H24FNO4. The molecule has 1 atom stereocenters. The highest BCUT2D eigenvalue weighted by atomic mass is 19.1. The van der Waals surface area contributed by atoms with Crippen LogP contribution in [0, 0.1) is 11.7 Å². The number of nitrogens with one attached hydrogen (secondary N) is 1. The Labute approximate surface area is 158 Å². The summed E-state index contributed by atoms with van der Waals surface area (Å²) in [7, 11) is 0. The molecule has 0 saturated carbocycles. The van der Waals surface area contributed by atoms with E-state index in [0.717, 1.165) is 5.56 Å². The Balaban J connectivity index is 1.92. The molecule has 0 spiro atoms. The zero-order chi connectivity index (χ0) is 19.8. The minimum atomic E-state index is -0.889. The second kappa shape index (κ2) is 9.71. The quantitative estimate of drug-likeness (QED) is 0.716. The van der Waals surface area contributed by atoms with Crippen molar-refractivity contribution in [2.45, 2.75) is 33.5 Å². The molecule has 0 bridgehead atoms. The number of amides is 1. The van der Waals surface area contributed by atoms with Gasteiger partial charge in [-0.15, -0.1) is 0 Å². The second-order valence-electron chi connectivity index (χ2n) is 6.63. The van der Waals surface area contributed by atoms with Crippen molar-refractivity contribution in [3.05, 3.63) is 65.5 Å². The van der Waals surface area contributed by atoms with Crippen LogP contribution >= 0.6 is 0 Å². The van der Waals surface area contributed by atoms with Crippen molar-refractivity contribution in [2.24, 2.45) is 5.92 Å². The third-order valence-corrected chi connectivity index (χ3v) is 3.73. The Morgan fingerprint density at radius 1 is 1.07 bits per heavy atom. The van der Waals surface area contributed by atoms with Crippen LogP contribution in [0.4, 0.5) is 4.39 Å². The first-order valence-corrected chi connectivity index (χ1v) is 8.81. The van der Waals surface area contributed by atoms with Crippen LogP contribution in [-0.4, -0.2) is 24.5 Å². The third kappa shape index (κ3) is 6.73. The molecule has 2 rings (SSSR count). The maximum Gasteiger partial charge on any atom is 0.339 e. The highest BCUT2D eigenvalue weighted by Crippen LogP contribution is 2.17. The first kappa shape index (κ1) is 20.4. The number of carbonyl (C=O) groups is 2. The van der Waals surface area contributed by atoms with E-state index in [1.165, 1.54) is 19.1 Å². The number of halogens is 1. The average Bonchev–Trinajstić information content (AvgIpc) is 2.65. The van der Waals surface area contributed by atoms with Gasteiger partial charge in [0.2, 0.25) is 0 Å². The van der Waals surface area contributed by atoms with Crippen molar-refractivity contribution in [1.29, 1.82) is 0 Å². The summed E-state index contributed by atoms with van der Waals surface area (Å²) in [5.41, 5.74) is 1.09. The van der Waals surface area contributed by atoms with Crippen LogP contribution in [-0.2, 0) is 16.1 Å². The largest absolute Gasteiger partial charge is 0.489 e. The van der Waals surface area contributed by atoms with Crippen molar-refractivity contribution in [3.63, 3.8) is 0 Å². The molecule has 0 aliphatic rings. The summed E-state index contributed by atoms with van der Waals surface area (Å²) in [6, 6.07) is 12.5. The zero-order valence-electron chi connectivity index (χ0n) is 15.7. The summed E-state index contributed by atoms with van der Waals surface area (Å²) in [4.78, 5) is 24.2. The normalized spacial score (nSPS) is 11.7. The smallest absolute Gasteiger partial charge is 0.339 e. The van der Waals surface area contributed by atoms with E-state index in [9.17, 15) is 14.0 Å². The van der Waals surface area contributed by atoms with Gasteiger partial charge in [-0.3, -0.25) is 4.79 Å². The van der Waals surface area contributed by atoms with Gasteiger partial charge in [0.15, 0.2) is 6.10 Å². The van der Waals surface area contributed by atoms with Crippen molar-refractivity contribution in [2.75, 3.05) is 6.54 Å². The SMILES string of the molecule is CC(C)CNC(=O)C(C)OC(=O)c1cccc(OCc2ccc(F)cc2)c1. The molecule has 6 heteroatoms. The predicted molar refractivity (Wildman–Crippen MR) is 99.9 cm³/mol. The maximum atomic E-state index is 12.9. The van der Waals surface area contributed by atoms with Gasteiger partial charge in [-0.05, 0) is 48.7 Å². The lowest BCUT2D eigenvalue weighted by Crippen LogP contribution is -2.37. The molecule has 0 fully saturated rings. The summed E-state index contributed by atoms with van der Waals surface area (Å²) >= 11 is 0. The van der Waals surface area contributed by atoms with Crippen molar-refractivity contribution >= 4 is 11.9 Å². The molecule has 1 amide bonds. The van der Waals surface area contributed by atoms with Crippen LogP contribution in [0.15, 0.2) is 48.5 Å². The Morgan fingerprint density at radius 3 is 2.44 bits per heavy atom. The van der Waals surface area contributed by atoms with Crippen LogP contribution < -0.4 is 10.1 Å². The molecule has 144 valence electrons. The van der Waals surface area contributed by atoms with E-state index in [4.69, 9.17) is 9.47 Å². The maximum absolute atomic E-state index is 12.9. The summed E-state index contributed by atoms with van der Waals surface area (Å²) < 4.78 is 23.8. The highest BCUT2D eigenvalue weighted by Gasteiger charge is 2.19. The van der Waals surface area contributed by atoms with Gasteiger partial charge in [-0.1, -0.05) is 32.0 Å². The molecule has 0 heterocycles. The van der Waals surface area contributed by atoms with Gasteiger partial charge < -0.3 is 14.8 Å². The summed E-state index contributed by atoms with van der Waals surface area (Å²) in [6.45, 7) is 6.26. The second-order valence-corrected chi connectivity index (χ2v) is 6.63. The molecule has 0 aromatic heterocycles.